The fourth-order valence-corrected chi connectivity index (χ4v) is 4.58. The van der Waals surface area contributed by atoms with Gasteiger partial charge in [0.05, 0.1) is 5.69 Å². The maximum absolute atomic E-state index is 13.2. The number of anilines is 1. The summed E-state index contributed by atoms with van der Waals surface area (Å²) in [6.45, 7) is 1.96. The second-order valence-electron chi connectivity index (χ2n) is 7.95. The number of hydrazine groups is 1. The van der Waals surface area contributed by atoms with Crippen LogP contribution in [-0.2, 0) is 0 Å². The Morgan fingerprint density at radius 1 is 1.03 bits per heavy atom. The van der Waals surface area contributed by atoms with Gasteiger partial charge in [-0.2, -0.15) is 5.01 Å². The van der Waals surface area contributed by atoms with E-state index in [-0.39, 0.29) is 18.0 Å². The molecule has 0 atom stereocenters. The number of benzene rings is 2. The van der Waals surface area contributed by atoms with Gasteiger partial charge in [0.25, 0.3) is 5.91 Å². The minimum Gasteiger partial charge on any atom is -0.333 e. The van der Waals surface area contributed by atoms with Crippen LogP contribution < -0.4 is 15.8 Å². The van der Waals surface area contributed by atoms with E-state index in [4.69, 9.17) is 11.6 Å². The number of rotatable bonds is 4. The number of urea groups is 1. The van der Waals surface area contributed by atoms with Crippen molar-refractivity contribution in [3.05, 3.63) is 70.1 Å². The lowest BCUT2D eigenvalue weighted by atomic mass is 9.96. The first-order valence-electron chi connectivity index (χ1n) is 10.7. The van der Waals surface area contributed by atoms with Gasteiger partial charge in [-0.1, -0.05) is 60.7 Å². The number of nitrogens with one attached hydrogen (secondary N) is 2. The van der Waals surface area contributed by atoms with E-state index in [0.717, 1.165) is 36.8 Å². The van der Waals surface area contributed by atoms with Gasteiger partial charge in [0.2, 0.25) is 5.13 Å². The molecule has 1 aliphatic carbocycles. The molecule has 4 rings (SSSR count). The molecule has 1 fully saturated rings. The largest absolute Gasteiger partial charge is 0.343 e. The molecule has 3 amide bonds. The second-order valence-corrected chi connectivity index (χ2v) is 9.22. The summed E-state index contributed by atoms with van der Waals surface area (Å²) in [5.74, 6) is -0.368. The first kappa shape index (κ1) is 22.3. The summed E-state index contributed by atoms with van der Waals surface area (Å²) in [6.07, 6.45) is 5.27. The van der Waals surface area contributed by atoms with Crippen LogP contribution in [0.2, 0.25) is 5.02 Å². The molecule has 6 nitrogen and oxygen atoms in total. The Morgan fingerprint density at radius 2 is 1.72 bits per heavy atom. The van der Waals surface area contributed by atoms with Gasteiger partial charge in [0, 0.05) is 27.6 Å². The summed E-state index contributed by atoms with van der Waals surface area (Å²) in [6, 6.07) is 14.3. The number of aromatic nitrogens is 1. The molecular weight excluding hydrogens is 444 g/mol. The minimum absolute atomic E-state index is 0.103. The van der Waals surface area contributed by atoms with Crippen LogP contribution >= 0.6 is 22.9 Å². The molecule has 0 saturated heterocycles. The van der Waals surface area contributed by atoms with Gasteiger partial charge in [0.1, 0.15) is 0 Å². The zero-order valence-corrected chi connectivity index (χ0v) is 19.4. The summed E-state index contributed by atoms with van der Waals surface area (Å²) >= 11 is 7.28. The topological polar surface area (TPSA) is 74.3 Å². The first-order chi connectivity index (χ1) is 15.5. The molecular formula is C24H25ClN4O2S. The average molecular weight is 469 g/mol. The zero-order chi connectivity index (χ0) is 22.5. The van der Waals surface area contributed by atoms with E-state index in [2.05, 4.69) is 15.7 Å². The number of amides is 3. The number of hydrogen-bond acceptors (Lipinski definition) is 4. The number of carbonyl (C=O) groups is 2. The molecule has 1 aliphatic rings. The van der Waals surface area contributed by atoms with Crippen LogP contribution in [0, 0.1) is 6.92 Å². The molecule has 1 saturated carbocycles. The molecule has 1 heterocycles. The summed E-state index contributed by atoms with van der Waals surface area (Å²) in [5, 5.41) is 7.18. The van der Waals surface area contributed by atoms with Crippen molar-refractivity contribution in [3.8, 4) is 11.3 Å². The summed E-state index contributed by atoms with van der Waals surface area (Å²) in [7, 11) is 0. The lowest BCUT2D eigenvalue weighted by Gasteiger charge is -2.27. The number of halogens is 1. The number of aryl methyl sites for hydroxylation is 1. The number of nitrogens with zero attached hydrogens (tertiary/aromatic N) is 2. The molecule has 0 bridgehead atoms. The molecule has 2 aromatic carbocycles. The molecule has 32 heavy (non-hydrogen) atoms. The van der Waals surface area contributed by atoms with E-state index >= 15 is 0 Å². The maximum Gasteiger partial charge on any atom is 0.343 e. The van der Waals surface area contributed by atoms with Gasteiger partial charge < -0.3 is 5.32 Å². The third-order valence-corrected chi connectivity index (χ3v) is 6.56. The van der Waals surface area contributed by atoms with Gasteiger partial charge in [-0.3, -0.25) is 10.2 Å². The van der Waals surface area contributed by atoms with Crippen molar-refractivity contribution >= 4 is 40.0 Å². The van der Waals surface area contributed by atoms with E-state index in [1.807, 2.05) is 36.6 Å². The first-order valence-corrected chi connectivity index (χ1v) is 11.9. The predicted octanol–water partition coefficient (Wildman–Crippen LogP) is 5.97. The highest BCUT2D eigenvalue weighted by molar-refractivity contribution is 7.14. The van der Waals surface area contributed by atoms with Crippen LogP contribution in [0.3, 0.4) is 0 Å². The average Bonchev–Trinajstić information content (AvgIpc) is 3.28. The quantitative estimate of drug-likeness (QED) is 0.463. The highest BCUT2D eigenvalue weighted by Crippen LogP contribution is 2.28. The Kier molecular flexibility index (Phi) is 7.07. The molecule has 8 heteroatoms. The van der Waals surface area contributed by atoms with Crippen LogP contribution in [0.4, 0.5) is 9.93 Å². The molecule has 0 radical (unpaired) electrons. The lowest BCUT2D eigenvalue weighted by molar-refractivity contribution is 0.0949. The lowest BCUT2D eigenvalue weighted by Crippen LogP contribution is -2.53. The Hall–Kier alpha value is -2.90. The molecule has 0 aliphatic heterocycles. The van der Waals surface area contributed by atoms with Crippen molar-refractivity contribution in [2.45, 2.75) is 45.1 Å². The monoisotopic (exact) mass is 468 g/mol. The normalized spacial score (nSPS) is 14.1. The van der Waals surface area contributed by atoms with Crippen LogP contribution in [0.5, 0.6) is 0 Å². The Bertz CT molecular complexity index is 1080. The van der Waals surface area contributed by atoms with E-state index in [1.54, 1.807) is 24.3 Å². The maximum atomic E-state index is 13.2. The minimum atomic E-state index is -0.380. The van der Waals surface area contributed by atoms with E-state index < -0.39 is 0 Å². The van der Waals surface area contributed by atoms with Crippen LogP contribution in [-0.4, -0.2) is 23.0 Å². The van der Waals surface area contributed by atoms with Gasteiger partial charge in [-0.25, -0.2) is 9.78 Å². The number of thiazole rings is 1. The number of carbonyl (C=O) groups excluding carboxylic acids is 2. The van der Waals surface area contributed by atoms with Crippen molar-refractivity contribution in [1.29, 1.82) is 0 Å². The summed E-state index contributed by atoms with van der Waals surface area (Å²) < 4.78 is 0. The fourth-order valence-electron chi connectivity index (χ4n) is 3.66. The molecule has 2 N–H and O–H groups in total. The molecule has 0 spiro atoms. The molecule has 3 aromatic rings. The molecule has 0 unspecified atom stereocenters. The van der Waals surface area contributed by atoms with E-state index in [0.29, 0.717) is 21.4 Å². The van der Waals surface area contributed by atoms with Gasteiger partial charge in [0.15, 0.2) is 0 Å². The van der Waals surface area contributed by atoms with Gasteiger partial charge in [-0.05, 0) is 44.0 Å². The van der Waals surface area contributed by atoms with Gasteiger partial charge >= 0.3 is 6.03 Å². The molecule has 1 aromatic heterocycles. The van der Waals surface area contributed by atoms with E-state index in [9.17, 15) is 9.59 Å². The molecule has 166 valence electrons. The van der Waals surface area contributed by atoms with Crippen molar-refractivity contribution in [3.63, 3.8) is 0 Å². The van der Waals surface area contributed by atoms with Crippen molar-refractivity contribution in [2.75, 3.05) is 5.01 Å². The highest BCUT2D eigenvalue weighted by atomic mass is 35.5. The summed E-state index contributed by atoms with van der Waals surface area (Å²) in [4.78, 5) is 30.7. The zero-order valence-electron chi connectivity index (χ0n) is 17.8. The Labute approximate surface area is 196 Å². The third-order valence-electron chi connectivity index (χ3n) is 5.49. The number of hydrogen-bond donors (Lipinski definition) is 2. The fraction of sp³-hybridized carbons (Fsp3) is 0.292. The SMILES string of the molecule is Cc1ccc(C(=O)NN(C(=O)NC2CCCCC2)c2nc(-c3ccc(Cl)cc3)cs2)cc1. The smallest absolute Gasteiger partial charge is 0.333 e. The standard InChI is InChI=1S/C24H25ClN4O2S/c1-16-7-9-18(10-8-16)22(30)28-29(23(31)26-20-5-3-2-4-6-20)24-27-21(15-32-24)17-11-13-19(25)14-12-17/h7-15,20H,2-6H2,1H3,(H,26,31)(H,28,30). The third kappa shape index (κ3) is 5.47. The van der Waals surface area contributed by atoms with Crippen molar-refractivity contribution in [2.24, 2.45) is 0 Å². The van der Waals surface area contributed by atoms with E-state index in [1.165, 1.54) is 22.8 Å². The summed E-state index contributed by atoms with van der Waals surface area (Å²) in [5.41, 5.74) is 5.86. The van der Waals surface area contributed by atoms with Crippen LogP contribution in [0.1, 0.15) is 48.0 Å². The van der Waals surface area contributed by atoms with Crippen molar-refractivity contribution < 1.29 is 9.59 Å². The van der Waals surface area contributed by atoms with Crippen LogP contribution in [0.15, 0.2) is 53.9 Å². The Balaban J connectivity index is 1.57. The van der Waals surface area contributed by atoms with Crippen LogP contribution in [0.25, 0.3) is 11.3 Å². The van der Waals surface area contributed by atoms with Crippen molar-refractivity contribution in [1.82, 2.24) is 15.7 Å². The predicted molar refractivity (Wildman–Crippen MR) is 129 cm³/mol. The Morgan fingerprint density at radius 3 is 2.41 bits per heavy atom. The highest BCUT2D eigenvalue weighted by Gasteiger charge is 2.25. The second kappa shape index (κ2) is 10.1. The van der Waals surface area contributed by atoms with Gasteiger partial charge in [-0.15, -0.1) is 11.3 Å².